The summed E-state index contributed by atoms with van der Waals surface area (Å²) in [5.74, 6) is 2.70. The van der Waals surface area contributed by atoms with Crippen molar-refractivity contribution in [2.24, 2.45) is 0 Å². The van der Waals surface area contributed by atoms with Crippen LogP contribution in [0.25, 0.3) is 82.9 Å². The van der Waals surface area contributed by atoms with Crippen LogP contribution in [0.4, 0.5) is 0 Å². The molecule has 206 valence electrons. The molecule has 0 unspecified atom stereocenters. The number of fused-ring (bicyclic) bond motifs is 5. The summed E-state index contributed by atoms with van der Waals surface area (Å²) in [5, 5.41) is 7.11. The van der Waals surface area contributed by atoms with E-state index in [1.165, 1.54) is 49.4 Å². The first-order chi connectivity index (χ1) is 21.7. The van der Waals surface area contributed by atoms with Crippen molar-refractivity contribution in [3.05, 3.63) is 151 Å². The van der Waals surface area contributed by atoms with Gasteiger partial charge in [-0.2, -0.15) is 0 Å². The zero-order chi connectivity index (χ0) is 29.6. The van der Waals surface area contributed by atoms with Crippen molar-refractivity contribution in [2.75, 3.05) is 0 Å². The maximum absolute atomic E-state index is 6.52. The normalized spacial score (nSPS) is 11.6. The molecule has 0 bridgehead atoms. The summed E-state index contributed by atoms with van der Waals surface area (Å²) in [6.45, 7) is 2.21. The van der Waals surface area contributed by atoms with E-state index in [9.17, 15) is 0 Å². The van der Waals surface area contributed by atoms with Gasteiger partial charge in [0.25, 0.3) is 0 Å². The van der Waals surface area contributed by atoms with E-state index in [1.54, 1.807) is 6.08 Å². The third-order valence-electron chi connectivity index (χ3n) is 8.77. The van der Waals surface area contributed by atoms with Gasteiger partial charge in [0, 0.05) is 16.3 Å². The average Bonchev–Trinajstić information content (AvgIpc) is 3.44. The predicted molar refractivity (Wildman–Crippen MR) is 188 cm³/mol. The van der Waals surface area contributed by atoms with Gasteiger partial charge in [-0.15, -0.1) is 6.42 Å². The minimum atomic E-state index is 0.913. The first kappa shape index (κ1) is 25.8. The van der Waals surface area contributed by atoms with E-state index in [-0.39, 0.29) is 0 Å². The van der Waals surface area contributed by atoms with Gasteiger partial charge in [-0.25, -0.2) is 0 Å². The average molecular weight is 561 g/mol. The fraction of sp³-hybridized carbons (Fsp3) is 0.0233. The number of furan rings is 1. The number of hydrogen-bond donors (Lipinski definition) is 0. The van der Waals surface area contributed by atoms with Crippen LogP contribution in [0.3, 0.4) is 0 Å². The molecule has 0 aliphatic heterocycles. The summed E-state index contributed by atoms with van der Waals surface area (Å²) in [4.78, 5) is 0. The minimum Gasteiger partial charge on any atom is -0.455 e. The number of terminal acetylenes is 1. The largest absolute Gasteiger partial charge is 0.455 e. The molecule has 44 heavy (non-hydrogen) atoms. The van der Waals surface area contributed by atoms with Crippen molar-refractivity contribution >= 4 is 49.6 Å². The fourth-order valence-corrected chi connectivity index (χ4v) is 6.74. The molecular formula is C43H28O. The van der Waals surface area contributed by atoms with E-state index in [4.69, 9.17) is 10.8 Å². The smallest absolute Gasteiger partial charge is 0.143 e. The molecule has 7 aromatic carbocycles. The summed E-state index contributed by atoms with van der Waals surface area (Å²) >= 11 is 0. The molecular weight excluding hydrogens is 532 g/mol. The van der Waals surface area contributed by atoms with Crippen molar-refractivity contribution in [3.63, 3.8) is 0 Å². The Labute approximate surface area is 256 Å². The summed E-state index contributed by atoms with van der Waals surface area (Å²) in [6, 6.07) is 47.4. The van der Waals surface area contributed by atoms with Crippen molar-refractivity contribution in [2.45, 2.75) is 6.92 Å². The molecule has 1 aromatic heterocycles. The number of rotatable bonds is 4. The van der Waals surface area contributed by atoms with Crippen LogP contribution in [0, 0.1) is 19.3 Å². The van der Waals surface area contributed by atoms with Gasteiger partial charge >= 0.3 is 0 Å². The third kappa shape index (κ3) is 4.12. The quantitative estimate of drug-likeness (QED) is 0.195. The van der Waals surface area contributed by atoms with Crippen LogP contribution in [-0.2, 0) is 0 Å². The Hall–Kier alpha value is -5.84. The van der Waals surface area contributed by atoms with Crippen LogP contribution in [0.1, 0.15) is 11.1 Å². The van der Waals surface area contributed by atoms with Gasteiger partial charge in [-0.3, -0.25) is 0 Å². The summed E-state index contributed by atoms with van der Waals surface area (Å²) in [6.07, 6.45) is 9.57. The Morgan fingerprint density at radius 3 is 1.93 bits per heavy atom. The maximum Gasteiger partial charge on any atom is 0.143 e. The van der Waals surface area contributed by atoms with Gasteiger partial charge in [0.2, 0.25) is 0 Å². The van der Waals surface area contributed by atoms with Gasteiger partial charge in [0.05, 0.1) is 0 Å². The highest BCUT2D eigenvalue weighted by atomic mass is 16.3. The predicted octanol–water partition coefficient (Wildman–Crippen LogP) is 11.8. The zero-order valence-electron chi connectivity index (χ0n) is 24.3. The second kappa shape index (κ2) is 10.5. The number of allylic oxidation sites excluding steroid dienone is 1. The van der Waals surface area contributed by atoms with E-state index in [2.05, 4.69) is 152 Å². The molecule has 0 saturated carbocycles. The second-order valence-electron chi connectivity index (χ2n) is 11.3. The maximum atomic E-state index is 6.52. The van der Waals surface area contributed by atoms with E-state index in [1.807, 2.05) is 0 Å². The molecule has 0 saturated heterocycles. The third-order valence-corrected chi connectivity index (χ3v) is 8.77. The second-order valence-corrected chi connectivity index (χ2v) is 11.3. The van der Waals surface area contributed by atoms with Crippen molar-refractivity contribution in [3.8, 4) is 45.7 Å². The van der Waals surface area contributed by atoms with Crippen molar-refractivity contribution < 1.29 is 4.42 Å². The Morgan fingerprint density at radius 2 is 1.18 bits per heavy atom. The molecule has 1 heterocycles. The number of para-hydroxylation sites is 1. The van der Waals surface area contributed by atoms with Crippen LogP contribution in [0.2, 0.25) is 0 Å². The van der Waals surface area contributed by atoms with Crippen LogP contribution >= 0.6 is 0 Å². The van der Waals surface area contributed by atoms with Crippen LogP contribution in [0.5, 0.6) is 0 Å². The summed E-state index contributed by atoms with van der Waals surface area (Å²) in [7, 11) is 0. The lowest BCUT2D eigenvalue weighted by Crippen LogP contribution is -1.96. The molecule has 0 aliphatic carbocycles. The molecule has 0 N–H and O–H groups in total. The van der Waals surface area contributed by atoms with E-state index < -0.39 is 0 Å². The van der Waals surface area contributed by atoms with Gasteiger partial charge in [0.1, 0.15) is 11.2 Å². The molecule has 0 aliphatic rings. The monoisotopic (exact) mass is 560 g/mol. The molecule has 8 rings (SSSR count). The Kier molecular flexibility index (Phi) is 6.14. The molecule has 0 radical (unpaired) electrons. The number of hydrogen-bond acceptors (Lipinski definition) is 1. The molecule has 0 fully saturated rings. The Bertz CT molecular complexity index is 2430. The first-order valence-electron chi connectivity index (χ1n) is 14.9. The summed E-state index contributed by atoms with van der Waals surface area (Å²) < 4.78 is 6.52. The van der Waals surface area contributed by atoms with Crippen molar-refractivity contribution in [1.29, 1.82) is 0 Å². The molecule has 0 atom stereocenters. The van der Waals surface area contributed by atoms with E-state index in [0.717, 1.165) is 38.6 Å². The highest BCUT2D eigenvalue weighted by molar-refractivity contribution is 6.13. The van der Waals surface area contributed by atoms with Crippen LogP contribution in [0.15, 0.2) is 144 Å². The zero-order valence-corrected chi connectivity index (χ0v) is 24.3. The number of benzene rings is 7. The standard InChI is InChI=1S/C43H28O/c1-3-4-17-34-28(2)41(36-18-10-11-19-37(36)42(34)30-13-6-5-7-14-30)31-24-22-29(23-25-31)35-20-12-21-38-39-26-32-15-8-9-16-33(32)27-40(39)44-43(35)38/h1,4-27H,2H3/b17-4-. The van der Waals surface area contributed by atoms with Crippen LogP contribution in [-0.4, -0.2) is 0 Å². The van der Waals surface area contributed by atoms with E-state index >= 15 is 0 Å². The lowest BCUT2D eigenvalue weighted by Gasteiger charge is -2.20. The van der Waals surface area contributed by atoms with Gasteiger partial charge in [-0.05, 0) is 91.7 Å². The van der Waals surface area contributed by atoms with Gasteiger partial charge in [-0.1, -0.05) is 127 Å². The van der Waals surface area contributed by atoms with Crippen LogP contribution < -0.4 is 0 Å². The topological polar surface area (TPSA) is 13.1 Å². The minimum absolute atomic E-state index is 0.913. The summed E-state index contributed by atoms with van der Waals surface area (Å²) in [5.41, 5.74) is 11.2. The van der Waals surface area contributed by atoms with Gasteiger partial charge < -0.3 is 4.42 Å². The molecule has 0 spiro atoms. The lowest BCUT2D eigenvalue weighted by molar-refractivity contribution is 0.670. The molecule has 1 heteroatoms. The lowest BCUT2D eigenvalue weighted by atomic mass is 9.83. The SMILES string of the molecule is C#C/C=C\c1c(C)c(-c2ccc(-c3cccc4c3oc3cc5ccccc5cc34)cc2)c2ccccc2c1-c1ccccc1. The molecule has 1 nitrogen and oxygen atoms in total. The Balaban J connectivity index is 1.30. The highest BCUT2D eigenvalue weighted by Gasteiger charge is 2.19. The molecule has 0 amide bonds. The molecule has 8 aromatic rings. The Morgan fingerprint density at radius 1 is 0.568 bits per heavy atom. The van der Waals surface area contributed by atoms with Crippen molar-refractivity contribution in [1.82, 2.24) is 0 Å². The van der Waals surface area contributed by atoms with E-state index in [0.29, 0.717) is 0 Å². The first-order valence-corrected chi connectivity index (χ1v) is 14.9. The van der Waals surface area contributed by atoms with Gasteiger partial charge in [0.15, 0.2) is 0 Å². The fourth-order valence-electron chi connectivity index (χ4n) is 6.74. The highest BCUT2D eigenvalue weighted by Crippen LogP contribution is 2.43.